The number of nitrogens with two attached hydrogens (primary N) is 1. The van der Waals surface area contributed by atoms with E-state index in [0.717, 1.165) is 9.21 Å². The van der Waals surface area contributed by atoms with Gasteiger partial charge in [-0.2, -0.15) is 0 Å². The van der Waals surface area contributed by atoms with Crippen LogP contribution in [-0.4, -0.2) is 10.5 Å². The molecular formula is C13H16ClN3OS. The zero-order chi connectivity index (χ0) is 14.0. The summed E-state index contributed by atoms with van der Waals surface area (Å²) in [4.78, 5) is 13.2. The summed E-state index contributed by atoms with van der Waals surface area (Å²) in [6.45, 7) is 4.49. The van der Waals surface area contributed by atoms with E-state index in [1.54, 1.807) is 12.3 Å². The van der Waals surface area contributed by atoms with E-state index in [-0.39, 0.29) is 11.9 Å². The van der Waals surface area contributed by atoms with Crippen LogP contribution in [0.5, 0.6) is 0 Å². The minimum atomic E-state index is -0.130. The van der Waals surface area contributed by atoms with Gasteiger partial charge in [-0.15, -0.1) is 11.3 Å². The first-order valence-corrected chi connectivity index (χ1v) is 7.16. The van der Waals surface area contributed by atoms with E-state index in [2.05, 4.69) is 5.32 Å². The van der Waals surface area contributed by atoms with E-state index < -0.39 is 0 Å². The molecule has 2 aromatic rings. The van der Waals surface area contributed by atoms with Crippen molar-refractivity contribution in [2.75, 3.05) is 5.73 Å². The maximum atomic E-state index is 12.1. The van der Waals surface area contributed by atoms with Crippen molar-refractivity contribution in [1.29, 1.82) is 0 Å². The summed E-state index contributed by atoms with van der Waals surface area (Å²) in [5.41, 5.74) is 6.92. The zero-order valence-electron chi connectivity index (χ0n) is 10.8. The van der Waals surface area contributed by atoms with Crippen molar-refractivity contribution in [2.45, 2.75) is 26.4 Å². The van der Waals surface area contributed by atoms with Gasteiger partial charge in [0.2, 0.25) is 0 Å². The zero-order valence-corrected chi connectivity index (χ0v) is 12.4. The average molecular weight is 298 g/mol. The summed E-state index contributed by atoms with van der Waals surface area (Å²) < 4.78 is 2.59. The SMILES string of the molecule is CC(C)n1cc(N)cc1C(=O)NCc1ccc(Cl)s1. The first-order valence-electron chi connectivity index (χ1n) is 5.97. The van der Waals surface area contributed by atoms with Crippen LogP contribution >= 0.6 is 22.9 Å². The van der Waals surface area contributed by atoms with E-state index in [4.69, 9.17) is 17.3 Å². The number of hydrogen-bond donors (Lipinski definition) is 2. The summed E-state index contributed by atoms with van der Waals surface area (Å²) >= 11 is 7.31. The maximum absolute atomic E-state index is 12.1. The standard InChI is InChI=1S/C13H16ClN3OS/c1-8(2)17-7-9(15)5-11(17)13(18)16-6-10-3-4-12(14)19-10/h3-5,7-8H,6,15H2,1-2H3,(H,16,18). The van der Waals surface area contributed by atoms with Crippen molar-refractivity contribution in [3.05, 3.63) is 39.3 Å². The normalized spacial score (nSPS) is 10.9. The number of carbonyl (C=O) groups is 1. The van der Waals surface area contributed by atoms with Gasteiger partial charge >= 0.3 is 0 Å². The third-order valence-corrected chi connectivity index (χ3v) is 3.94. The van der Waals surface area contributed by atoms with E-state index >= 15 is 0 Å². The molecule has 19 heavy (non-hydrogen) atoms. The predicted octanol–water partition coefficient (Wildman–Crippen LogP) is 3.30. The summed E-state index contributed by atoms with van der Waals surface area (Å²) in [5, 5.41) is 2.87. The first kappa shape index (κ1) is 14.0. The van der Waals surface area contributed by atoms with E-state index in [1.165, 1.54) is 11.3 Å². The Hall–Kier alpha value is -1.46. The van der Waals surface area contributed by atoms with Crippen LogP contribution in [0.3, 0.4) is 0 Å². The second-order valence-electron chi connectivity index (χ2n) is 4.55. The van der Waals surface area contributed by atoms with Gasteiger partial charge in [-0.25, -0.2) is 0 Å². The number of nitrogen functional groups attached to an aromatic ring is 1. The van der Waals surface area contributed by atoms with Gasteiger partial charge in [0.25, 0.3) is 5.91 Å². The fourth-order valence-corrected chi connectivity index (χ4v) is 2.84. The largest absolute Gasteiger partial charge is 0.397 e. The molecule has 0 radical (unpaired) electrons. The number of amides is 1. The molecule has 102 valence electrons. The van der Waals surface area contributed by atoms with E-state index in [0.29, 0.717) is 17.9 Å². The molecule has 0 atom stereocenters. The minimum Gasteiger partial charge on any atom is -0.397 e. The lowest BCUT2D eigenvalue weighted by molar-refractivity contribution is 0.0940. The lowest BCUT2D eigenvalue weighted by atomic mass is 10.3. The van der Waals surface area contributed by atoms with Crippen molar-refractivity contribution < 1.29 is 4.79 Å². The number of nitrogens with one attached hydrogen (secondary N) is 1. The Morgan fingerprint density at radius 1 is 1.53 bits per heavy atom. The molecule has 0 saturated carbocycles. The Labute approximate surface area is 121 Å². The topological polar surface area (TPSA) is 60.0 Å². The Morgan fingerprint density at radius 2 is 2.26 bits per heavy atom. The number of thiophene rings is 1. The Kier molecular flexibility index (Phi) is 4.17. The number of rotatable bonds is 4. The van der Waals surface area contributed by atoms with Gasteiger partial charge in [-0.05, 0) is 32.0 Å². The average Bonchev–Trinajstić information content (AvgIpc) is 2.92. The highest BCUT2D eigenvalue weighted by Crippen LogP contribution is 2.21. The number of halogens is 1. The number of aromatic nitrogens is 1. The molecule has 0 unspecified atom stereocenters. The predicted molar refractivity (Wildman–Crippen MR) is 79.7 cm³/mol. The molecule has 3 N–H and O–H groups in total. The van der Waals surface area contributed by atoms with Crippen LogP contribution in [-0.2, 0) is 6.54 Å². The van der Waals surface area contributed by atoms with Gasteiger partial charge in [-0.3, -0.25) is 4.79 Å². The Balaban J connectivity index is 2.07. The van der Waals surface area contributed by atoms with Crippen LogP contribution in [0.4, 0.5) is 5.69 Å². The van der Waals surface area contributed by atoms with Crippen LogP contribution in [0.25, 0.3) is 0 Å². The highest BCUT2D eigenvalue weighted by Gasteiger charge is 2.14. The second-order valence-corrected chi connectivity index (χ2v) is 6.35. The van der Waals surface area contributed by atoms with Crippen LogP contribution in [0.1, 0.15) is 35.3 Å². The fraction of sp³-hybridized carbons (Fsp3) is 0.308. The third-order valence-electron chi connectivity index (χ3n) is 2.71. The van der Waals surface area contributed by atoms with Crippen LogP contribution in [0.2, 0.25) is 4.34 Å². The number of hydrogen-bond acceptors (Lipinski definition) is 3. The van der Waals surface area contributed by atoms with Gasteiger partial charge in [0.05, 0.1) is 16.6 Å². The Bertz CT molecular complexity index is 588. The molecule has 2 heterocycles. The molecule has 4 nitrogen and oxygen atoms in total. The van der Waals surface area contributed by atoms with Crippen molar-refractivity contribution in [3.63, 3.8) is 0 Å². The van der Waals surface area contributed by atoms with Gasteiger partial charge < -0.3 is 15.6 Å². The Morgan fingerprint density at radius 3 is 2.84 bits per heavy atom. The minimum absolute atomic E-state index is 0.130. The second kappa shape index (κ2) is 5.67. The van der Waals surface area contributed by atoms with Gasteiger partial charge in [-0.1, -0.05) is 11.6 Å². The van der Waals surface area contributed by atoms with Gasteiger partial charge in [0, 0.05) is 17.1 Å². The van der Waals surface area contributed by atoms with Crippen molar-refractivity contribution in [2.24, 2.45) is 0 Å². The number of carbonyl (C=O) groups excluding carboxylic acids is 1. The van der Waals surface area contributed by atoms with Crippen LogP contribution in [0, 0.1) is 0 Å². The first-order chi connectivity index (χ1) is 8.97. The van der Waals surface area contributed by atoms with Crippen LogP contribution in [0.15, 0.2) is 24.4 Å². The summed E-state index contributed by atoms with van der Waals surface area (Å²) in [6.07, 6.45) is 1.78. The van der Waals surface area contributed by atoms with Crippen molar-refractivity contribution in [3.8, 4) is 0 Å². The lowest BCUT2D eigenvalue weighted by Gasteiger charge is -2.12. The third kappa shape index (κ3) is 3.30. The monoisotopic (exact) mass is 297 g/mol. The molecule has 0 aromatic carbocycles. The quantitative estimate of drug-likeness (QED) is 0.909. The highest BCUT2D eigenvalue weighted by atomic mass is 35.5. The molecule has 6 heteroatoms. The van der Waals surface area contributed by atoms with Crippen LogP contribution < -0.4 is 11.1 Å². The van der Waals surface area contributed by atoms with Gasteiger partial charge in [0.1, 0.15) is 5.69 Å². The fourth-order valence-electron chi connectivity index (χ4n) is 1.81. The highest BCUT2D eigenvalue weighted by molar-refractivity contribution is 7.16. The molecule has 0 spiro atoms. The molecule has 0 fully saturated rings. The number of nitrogens with zero attached hydrogens (tertiary/aromatic N) is 1. The molecule has 0 aliphatic heterocycles. The van der Waals surface area contributed by atoms with E-state index in [9.17, 15) is 4.79 Å². The summed E-state index contributed by atoms with van der Waals surface area (Å²) in [6, 6.07) is 5.61. The molecule has 0 saturated heterocycles. The molecule has 0 bridgehead atoms. The van der Waals surface area contributed by atoms with Crippen molar-refractivity contribution in [1.82, 2.24) is 9.88 Å². The molecule has 0 aliphatic rings. The molecule has 0 aliphatic carbocycles. The summed E-state index contributed by atoms with van der Waals surface area (Å²) in [7, 11) is 0. The molecular weight excluding hydrogens is 282 g/mol. The summed E-state index contributed by atoms with van der Waals surface area (Å²) in [5.74, 6) is -0.130. The molecule has 2 rings (SSSR count). The smallest absolute Gasteiger partial charge is 0.268 e. The van der Waals surface area contributed by atoms with Gasteiger partial charge in [0.15, 0.2) is 0 Å². The maximum Gasteiger partial charge on any atom is 0.268 e. The number of anilines is 1. The van der Waals surface area contributed by atoms with E-state index in [1.807, 2.05) is 30.5 Å². The molecule has 2 aromatic heterocycles. The lowest BCUT2D eigenvalue weighted by Crippen LogP contribution is -2.25. The molecule has 1 amide bonds. The van der Waals surface area contributed by atoms with Crippen molar-refractivity contribution >= 4 is 34.5 Å².